The zero-order valence-corrected chi connectivity index (χ0v) is 9.09. The predicted octanol–water partition coefficient (Wildman–Crippen LogP) is -2.17. The van der Waals surface area contributed by atoms with Gasteiger partial charge < -0.3 is 19.6 Å². The second kappa shape index (κ2) is 5.41. The van der Waals surface area contributed by atoms with Crippen LogP contribution < -0.4 is 0 Å². The zero-order chi connectivity index (χ0) is 12.2. The van der Waals surface area contributed by atoms with E-state index >= 15 is 0 Å². The molecular formula is H6CrO11P2. The van der Waals surface area contributed by atoms with Crippen molar-refractivity contribution >= 4 is 15.6 Å². The summed E-state index contributed by atoms with van der Waals surface area (Å²) in [6.45, 7) is 0. The summed E-state index contributed by atoms with van der Waals surface area (Å²) in [5, 5.41) is 0. The van der Waals surface area contributed by atoms with Gasteiger partial charge in [-0.3, -0.25) is 0 Å². The Labute approximate surface area is 78.8 Å². The minimum atomic E-state index is -5.25. The van der Waals surface area contributed by atoms with Crippen LogP contribution in [-0.2, 0) is 34.7 Å². The molecule has 0 unspecified atom stereocenters. The molecule has 14 heteroatoms. The Bertz CT molecular complexity index is 307. The van der Waals surface area contributed by atoms with Gasteiger partial charge in [-0.1, -0.05) is 0 Å². The van der Waals surface area contributed by atoms with Crippen LogP contribution >= 0.6 is 15.6 Å². The van der Waals surface area contributed by atoms with Gasteiger partial charge >= 0.3 is 45.2 Å². The average Bonchev–Trinajstić information content (AvgIpc) is 1.42. The van der Waals surface area contributed by atoms with Gasteiger partial charge in [-0.2, -0.15) is 4.31 Å². The predicted molar refractivity (Wildman–Crippen MR) is 31.0 cm³/mol. The van der Waals surface area contributed by atoms with Gasteiger partial charge in [0, 0.05) is 0 Å². The molecule has 0 aliphatic heterocycles. The Morgan fingerprint density at radius 3 is 1.00 bits per heavy atom. The van der Waals surface area contributed by atoms with Crippen LogP contribution in [0.2, 0.25) is 0 Å². The Balaban J connectivity index is 0. The first kappa shape index (κ1) is 16.7. The van der Waals surface area contributed by atoms with Crippen LogP contribution in [0.1, 0.15) is 0 Å². The third kappa shape index (κ3) is 39.5. The van der Waals surface area contributed by atoms with Crippen LogP contribution in [0.4, 0.5) is 0 Å². The van der Waals surface area contributed by atoms with E-state index in [1.807, 2.05) is 0 Å². The molecule has 0 rings (SSSR count). The van der Waals surface area contributed by atoms with Gasteiger partial charge in [0.15, 0.2) is 0 Å². The van der Waals surface area contributed by atoms with Crippen LogP contribution in [0.25, 0.3) is 0 Å². The zero-order valence-electron chi connectivity index (χ0n) is 6.03. The maximum absolute atomic E-state index is 9.63. The van der Waals surface area contributed by atoms with Crippen molar-refractivity contribution in [1.29, 1.82) is 0 Å². The van der Waals surface area contributed by atoms with E-state index in [-0.39, 0.29) is 0 Å². The third-order valence-corrected chi connectivity index (χ3v) is 1.91. The summed E-state index contributed by atoms with van der Waals surface area (Å²) in [4.78, 5) is 31.0. The molecule has 0 bridgehead atoms. The molecule has 0 fully saturated rings. The molecule has 0 aromatic carbocycles. The Morgan fingerprint density at radius 2 is 1.00 bits per heavy atom. The van der Waals surface area contributed by atoms with E-state index in [0.717, 1.165) is 0 Å². The molecule has 6 N–H and O–H groups in total. The average molecular weight is 296 g/mol. The molecule has 0 heterocycles. The molecule has 11 nitrogen and oxygen atoms in total. The van der Waals surface area contributed by atoms with Crippen molar-refractivity contribution in [3.8, 4) is 0 Å². The molecule has 0 amide bonds. The first-order valence-corrected chi connectivity index (χ1v) is 7.47. The molecule has 0 radical (unpaired) electrons. The first-order valence-electron chi connectivity index (χ1n) is 2.23. The number of hydrogen-bond donors (Lipinski definition) is 6. The van der Waals surface area contributed by atoms with Crippen LogP contribution in [-0.4, -0.2) is 27.9 Å². The van der Waals surface area contributed by atoms with Crippen LogP contribution in [0.5, 0.6) is 0 Å². The normalized spacial score (nSPS) is 13.0. The van der Waals surface area contributed by atoms with Gasteiger partial charge in [-0.15, -0.1) is 0 Å². The van der Waals surface area contributed by atoms with Gasteiger partial charge in [0.25, 0.3) is 0 Å². The molecule has 0 atom stereocenters. The molecule has 0 aliphatic carbocycles. The van der Waals surface area contributed by atoms with E-state index in [1.165, 1.54) is 0 Å². The Kier molecular flexibility index (Phi) is 6.47. The first-order chi connectivity index (χ1) is 5.71. The monoisotopic (exact) mass is 296 g/mol. The minimum absolute atomic E-state index is 2.96. The van der Waals surface area contributed by atoms with E-state index in [4.69, 9.17) is 35.5 Å². The number of phosphoric acid groups is 2. The van der Waals surface area contributed by atoms with Crippen molar-refractivity contribution in [1.82, 2.24) is 0 Å². The van der Waals surface area contributed by atoms with Gasteiger partial charge in [0.2, 0.25) is 0 Å². The second-order valence-electron chi connectivity index (χ2n) is 1.51. The summed E-state index contributed by atoms with van der Waals surface area (Å²) < 4.78 is 54.1. The second-order valence-corrected chi connectivity index (χ2v) is 5.52. The van der Waals surface area contributed by atoms with Crippen molar-refractivity contribution in [3.63, 3.8) is 0 Å². The standard InChI is InChI=1S/Cr.H4O7P2.2H2O.2O/c;1-8(2,3)7-9(4,5)6;;;;/h;(H2,1,2,3)(H2,4,5,6);2*1H2;;/q+2;;;;;/p-2. The molecule has 0 spiro atoms. The fraction of sp³-hybridized carbons (Fsp3) is 0. The molecule has 14 heavy (non-hydrogen) atoms. The van der Waals surface area contributed by atoms with Crippen molar-refractivity contribution in [2.24, 2.45) is 0 Å². The summed E-state index contributed by atoms with van der Waals surface area (Å²) in [7, 11) is -10.1. The molecular weight excluding hydrogens is 290 g/mol. The number of hydrogen-bond acceptors (Lipinski definition) is 5. The summed E-state index contributed by atoms with van der Waals surface area (Å²) in [5.74, 6) is 0. The summed E-state index contributed by atoms with van der Waals surface area (Å²) in [6, 6.07) is 0. The van der Waals surface area contributed by atoms with Crippen molar-refractivity contribution in [2.75, 3.05) is 0 Å². The topological polar surface area (TPSA) is 199 Å². The molecule has 0 aliphatic rings. The Morgan fingerprint density at radius 1 is 0.857 bits per heavy atom. The fourth-order valence-electron chi connectivity index (χ4n) is 0.139. The van der Waals surface area contributed by atoms with Crippen molar-refractivity contribution < 1.29 is 62.6 Å². The molecule has 0 aromatic rings. The fourth-order valence-corrected chi connectivity index (χ4v) is 1.25. The van der Waals surface area contributed by atoms with Gasteiger partial charge in [0.05, 0.1) is 0 Å². The molecule has 88 valence electrons. The van der Waals surface area contributed by atoms with Gasteiger partial charge in [0.1, 0.15) is 0 Å². The van der Waals surface area contributed by atoms with Crippen LogP contribution in [0, 0.1) is 0 Å². The van der Waals surface area contributed by atoms with Crippen LogP contribution in [0.3, 0.4) is 0 Å². The van der Waals surface area contributed by atoms with E-state index in [2.05, 4.69) is 4.31 Å². The quantitative estimate of drug-likeness (QED) is 0.303. The van der Waals surface area contributed by atoms with Crippen molar-refractivity contribution in [3.05, 3.63) is 0 Å². The Hall–Kier alpha value is 0.312. The van der Waals surface area contributed by atoms with Crippen LogP contribution in [0.15, 0.2) is 0 Å². The SMILES string of the molecule is O=P(O)(O)OP(=O)(O)O.[O]=[Cr](=[O])([OH])[OH]. The van der Waals surface area contributed by atoms with Crippen molar-refractivity contribution in [2.45, 2.75) is 0 Å². The number of rotatable bonds is 2. The van der Waals surface area contributed by atoms with Gasteiger partial charge in [-0.05, 0) is 0 Å². The molecule has 0 saturated carbocycles. The van der Waals surface area contributed by atoms with E-state index in [9.17, 15) is 9.13 Å². The summed E-state index contributed by atoms with van der Waals surface area (Å²) >= 11 is -5.25. The molecule has 0 saturated heterocycles. The van der Waals surface area contributed by atoms with Gasteiger partial charge in [-0.25, -0.2) is 9.13 Å². The maximum atomic E-state index is 9.63. The van der Waals surface area contributed by atoms with E-state index < -0.39 is 29.3 Å². The summed E-state index contributed by atoms with van der Waals surface area (Å²) in [6.07, 6.45) is 0. The third-order valence-electron chi connectivity index (χ3n) is 0.213. The van der Waals surface area contributed by atoms with E-state index in [1.54, 1.807) is 0 Å². The van der Waals surface area contributed by atoms with E-state index in [0.29, 0.717) is 0 Å². The summed E-state index contributed by atoms with van der Waals surface area (Å²) in [5.41, 5.74) is 0. The molecule has 0 aromatic heterocycles.